The molecule has 1 unspecified atom stereocenters. The molecule has 0 spiro atoms. The number of carbonyl (C=O) groups excluding carboxylic acids is 2. The van der Waals surface area contributed by atoms with Crippen LogP contribution in [0.5, 0.6) is 0 Å². The van der Waals surface area contributed by atoms with Crippen LogP contribution in [-0.4, -0.2) is 27.9 Å². The van der Waals surface area contributed by atoms with Gasteiger partial charge in [0.25, 0.3) is 0 Å². The van der Waals surface area contributed by atoms with Crippen LogP contribution in [0.4, 0.5) is 10.5 Å². The summed E-state index contributed by atoms with van der Waals surface area (Å²) < 4.78 is 0. The summed E-state index contributed by atoms with van der Waals surface area (Å²) in [5, 5.41) is 3.42. The van der Waals surface area contributed by atoms with E-state index in [0.29, 0.717) is 6.54 Å². The van der Waals surface area contributed by atoms with E-state index in [4.69, 9.17) is 5.84 Å². The molecule has 7 heteroatoms. The van der Waals surface area contributed by atoms with Crippen LogP contribution in [0.2, 0.25) is 0 Å². The van der Waals surface area contributed by atoms with Gasteiger partial charge in [0.05, 0.1) is 5.25 Å². The highest BCUT2D eigenvalue weighted by atomic mass is 33.1. The van der Waals surface area contributed by atoms with E-state index in [-0.39, 0.29) is 16.4 Å². The number of benzene rings is 1. The largest absolute Gasteiger partial charge is 0.325 e. The van der Waals surface area contributed by atoms with E-state index in [1.54, 1.807) is 13.8 Å². The first-order valence-corrected chi connectivity index (χ1v) is 8.84. The molecule has 5 nitrogen and oxygen atoms in total. The lowest BCUT2D eigenvalue weighted by Crippen LogP contribution is -2.34. The molecule has 1 aromatic rings. The molecule has 0 aliphatic rings. The zero-order valence-corrected chi connectivity index (χ0v) is 14.3. The minimum absolute atomic E-state index is 0.127. The Hall–Kier alpha value is -1.18. The van der Waals surface area contributed by atoms with Crippen molar-refractivity contribution in [2.45, 2.75) is 32.9 Å². The molecule has 1 rings (SSSR count). The average molecular weight is 327 g/mol. The fourth-order valence-corrected chi connectivity index (χ4v) is 3.40. The second-order valence-corrected chi connectivity index (χ2v) is 7.12. The first-order chi connectivity index (χ1) is 9.86. The Bertz CT molecular complexity index is 503. The molecule has 0 saturated carbocycles. The van der Waals surface area contributed by atoms with E-state index in [1.165, 1.54) is 10.8 Å². The van der Waals surface area contributed by atoms with Gasteiger partial charge in [-0.3, -0.25) is 14.6 Å². The lowest BCUT2D eigenvalue weighted by atomic mass is 10.1. The van der Waals surface area contributed by atoms with Crippen LogP contribution in [0.15, 0.2) is 18.2 Å². The Morgan fingerprint density at radius 1 is 1.33 bits per heavy atom. The number of para-hydroxylation sites is 1. The zero-order valence-electron chi connectivity index (χ0n) is 12.7. The van der Waals surface area contributed by atoms with Crippen molar-refractivity contribution in [1.29, 1.82) is 0 Å². The highest BCUT2D eigenvalue weighted by molar-refractivity contribution is 8.82. The van der Waals surface area contributed by atoms with Crippen molar-refractivity contribution in [3.05, 3.63) is 29.3 Å². The summed E-state index contributed by atoms with van der Waals surface area (Å²) in [5.74, 6) is 5.36. The number of carbonyl (C=O) groups is 2. The van der Waals surface area contributed by atoms with Crippen LogP contribution in [-0.2, 0) is 4.79 Å². The lowest BCUT2D eigenvalue weighted by molar-refractivity contribution is -0.115. The predicted molar refractivity (Wildman–Crippen MR) is 91.2 cm³/mol. The van der Waals surface area contributed by atoms with Crippen LogP contribution in [0.1, 0.15) is 25.0 Å². The van der Waals surface area contributed by atoms with Crippen molar-refractivity contribution < 1.29 is 9.59 Å². The van der Waals surface area contributed by atoms with Crippen LogP contribution in [0.3, 0.4) is 0 Å². The molecule has 0 aliphatic carbocycles. The van der Waals surface area contributed by atoms with Crippen molar-refractivity contribution in [3.8, 4) is 0 Å². The number of hydrogen-bond acceptors (Lipinski definition) is 5. The first-order valence-electron chi connectivity index (χ1n) is 6.63. The normalized spacial score (nSPS) is 11.9. The smallest absolute Gasteiger partial charge is 0.306 e. The van der Waals surface area contributed by atoms with Crippen molar-refractivity contribution in [3.63, 3.8) is 0 Å². The predicted octanol–water partition coefficient (Wildman–Crippen LogP) is 3.33. The Balaban J connectivity index is 2.57. The Morgan fingerprint density at radius 2 is 1.90 bits per heavy atom. The topological polar surface area (TPSA) is 75.4 Å². The van der Waals surface area contributed by atoms with Crippen LogP contribution >= 0.6 is 21.6 Å². The number of nitrogens with one attached hydrogen (secondary N) is 1. The maximum absolute atomic E-state index is 12.2. The molecule has 0 fully saturated rings. The van der Waals surface area contributed by atoms with Crippen molar-refractivity contribution >= 4 is 38.4 Å². The Kier molecular flexibility index (Phi) is 7.07. The Labute approximate surface area is 133 Å². The molecule has 116 valence electrons. The van der Waals surface area contributed by atoms with E-state index in [2.05, 4.69) is 5.32 Å². The maximum atomic E-state index is 12.2. The minimum Gasteiger partial charge on any atom is -0.325 e. The van der Waals surface area contributed by atoms with Crippen LogP contribution in [0.25, 0.3) is 0 Å². The van der Waals surface area contributed by atoms with E-state index in [1.807, 2.05) is 32.0 Å². The molecule has 0 radical (unpaired) electrons. The van der Waals surface area contributed by atoms with Crippen LogP contribution < -0.4 is 11.2 Å². The molecule has 2 amide bonds. The van der Waals surface area contributed by atoms with Gasteiger partial charge in [0.2, 0.25) is 5.91 Å². The van der Waals surface area contributed by atoms with Gasteiger partial charge in [-0.25, -0.2) is 5.84 Å². The number of amides is 2. The number of nitrogens with two attached hydrogens (primary N) is 1. The molecule has 0 heterocycles. The summed E-state index contributed by atoms with van der Waals surface area (Å²) in [4.78, 5) is 23.7. The molecular weight excluding hydrogens is 306 g/mol. The first kappa shape index (κ1) is 17.9. The average Bonchev–Trinajstić information content (AvgIpc) is 2.47. The third-order valence-corrected chi connectivity index (χ3v) is 5.50. The fraction of sp³-hybridized carbons (Fsp3) is 0.429. The molecule has 1 aromatic carbocycles. The van der Waals surface area contributed by atoms with Crippen molar-refractivity contribution in [1.82, 2.24) is 5.01 Å². The number of anilines is 1. The van der Waals surface area contributed by atoms with Crippen molar-refractivity contribution in [2.75, 3.05) is 11.9 Å². The van der Waals surface area contributed by atoms with Gasteiger partial charge in [0.1, 0.15) is 0 Å². The molecule has 0 saturated heterocycles. The minimum atomic E-state index is -0.358. The summed E-state index contributed by atoms with van der Waals surface area (Å²) in [6.45, 7) is 7.90. The van der Waals surface area contributed by atoms with Gasteiger partial charge in [0, 0.05) is 23.0 Å². The van der Waals surface area contributed by atoms with E-state index in [0.717, 1.165) is 32.6 Å². The monoisotopic (exact) mass is 327 g/mol. The molecule has 0 aromatic heterocycles. The van der Waals surface area contributed by atoms with Crippen molar-refractivity contribution in [2.24, 2.45) is 5.84 Å². The van der Waals surface area contributed by atoms with Crippen LogP contribution in [0, 0.1) is 13.8 Å². The summed E-state index contributed by atoms with van der Waals surface area (Å²) in [6, 6.07) is 5.85. The van der Waals surface area contributed by atoms with Gasteiger partial charge in [-0.1, -0.05) is 29.0 Å². The maximum Gasteiger partial charge on any atom is 0.306 e. The number of rotatable bonds is 5. The van der Waals surface area contributed by atoms with E-state index >= 15 is 0 Å². The zero-order chi connectivity index (χ0) is 16.0. The molecule has 0 aliphatic heterocycles. The summed E-state index contributed by atoms with van der Waals surface area (Å²) in [7, 11) is 2.18. The number of hydrazine groups is 1. The third-order valence-electron chi connectivity index (χ3n) is 2.94. The standard InChI is InChI=1S/C14H21N3O2S2/c1-5-17(15)14(19)21-20-11(4)13(18)16-12-9(2)7-6-8-10(12)3/h6-8,11H,5,15H2,1-4H3,(H,16,18). The Morgan fingerprint density at radius 3 is 2.43 bits per heavy atom. The second kappa shape index (κ2) is 8.31. The van der Waals surface area contributed by atoms with Gasteiger partial charge in [-0.15, -0.1) is 0 Å². The van der Waals surface area contributed by atoms with Gasteiger partial charge < -0.3 is 5.32 Å². The number of aryl methyl sites for hydroxylation is 2. The molecule has 1 atom stereocenters. The molecule has 21 heavy (non-hydrogen) atoms. The van der Waals surface area contributed by atoms with Gasteiger partial charge >= 0.3 is 5.24 Å². The molecule has 0 bridgehead atoms. The van der Waals surface area contributed by atoms with E-state index < -0.39 is 0 Å². The summed E-state index contributed by atoms with van der Waals surface area (Å²) in [5.41, 5.74) is 2.87. The highest BCUT2D eigenvalue weighted by Crippen LogP contribution is 2.30. The van der Waals surface area contributed by atoms with Gasteiger partial charge in [-0.2, -0.15) is 0 Å². The molecule has 3 N–H and O–H groups in total. The van der Waals surface area contributed by atoms with E-state index in [9.17, 15) is 9.59 Å². The van der Waals surface area contributed by atoms with Gasteiger partial charge in [0.15, 0.2) is 0 Å². The molecular formula is C14H21N3O2S2. The SMILES string of the molecule is CCN(N)C(=O)SSC(C)C(=O)Nc1c(C)cccc1C. The number of hydrogen-bond donors (Lipinski definition) is 2. The summed E-state index contributed by atoms with van der Waals surface area (Å²) >= 11 is 0. The lowest BCUT2D eigenvalue weighted by Gasteiger charge is -2.16. The third kappa shape index (κ3) is 5.26. The van der Waals surface area contributed by atoms with Gasteiger partial charge in [-0.05, 0) is 38.8 Å². The quantitative estimate of drug-likeness (QED) is 0.375. The second-order valence-electron chi connectivity index (χ2n) is 4.63. The highest BCUT2D eigenvalue weighted by Gasteiger charge is 2.19. The number of nitrogens with zero attached hydrogens (tertiary/aromatic N) is 1. The fourth-order valence-electron chi connectivity index (χ4n) is 1.57. The summed E-state index contributed by atoms with van der Waals surface area (Å²) in [6.07, 6.45) is 0.